The van der Waals surface area contributed by atoms with E-state index in [9.17, 15) is 4.79 Å². The van der Waals surface area contributed by atoms with Gasteiger partial charge in [-0.1, -0.05) is 0 Å². The predicted octanol–water partition coefficient (Wildman–Crippen LogP) is 3.06. The van der Waals surface area contributed by atoms with Crippen LogP contribution in [-0.4, -0.2) is 29.0 Å². The summed E-state index contributed by atoms with van der Waals surface area (Å²) in [5.41, 5.74) is 0.473. The highest BCUT2D eigenvalue weighted by atomic mass is 32.1. The van der Waals surface area contributed by atoms with Crippen LogP contribution < -0.4 is 4.90 Å². The molecular weight excluding hydrogens is 286 g/mol. The van der Waals surface area contributed by atoms with Crippen LogP contribution in [0.5, 0.6) is 0 Å². The van der Waals surface area contributed by atoms with E-state index >= 15 is 0 Å². The average Bonchev–Trinajstić information content (AvgIpc) is 3.20. The lowest BCUT2D eigenvalue weighted by atomic mass is 10.3. The first-order valence-corrected chi connectivity index (χ1v) is 7.93. The molecule has 2 aromatic heterocycles. The Labute approximate surface area is 127 Å². The number of aromatic nitrogens is 2. The van der Waals surface area contributed by atoms with Crippen LogP contribution >= 0.6 is 11.3 Å². The van der Waals surface area contributed by atoms with Gasteiger partial charge >= 0.3 is 5.97 Å². The van der Waals surface area contributed by atoms with Crippen LogP contribution in [0.25, 0.3) is 0 Å². The van der Waals surface area contributed by atoms with Crippen LogP contribution in [-0.2, 0) is 4.74 Å². The summed E-state index contributed by atoms with van der Waals surface area (Å²) in [6.07, 6.45) is 5.37. The second-order valence-corrected chi connectivity index (χ2v) is 5.94. The molecule has 0 N–H and O–H groups in total. The lowest BCUT2D eigenvalue weighted by Crippen LogP contribution is -2.19. The third-order valence-electron chi connectivity index (χ3n) is 3.50. The van der Waals surface area contributed by atoms with Crippen molar-refractivity contribution in [2.24, 2.45) is 0 Å². The standard InChI is InChI=1S/C15H17N3O2S/c1-11(14-16-6-9-21-14)20-15(19)12-4-5-13(17-10-12)18-7-2-3-8-18/h4-6,9-11H,2-3,7-8H2,1H3. The fourth-order valence-electron chi connectivity index (χ4n) is 2.35. The van der Waals surface area contributed by atoms with Gasteiger partial charge in [0.15, 0.2) is 6.10 Å². The molecule has 3 heterocycles. The molecule has 1 fully saturated rings. The maximum absolute atomic E-state index is 12.1. The molecule has 0 aliphatic carbocycles. The monoisotopic (exact) mass is 303 g/mol. The molecule has 0 saturated carbocycles. The molecule has 3 rings (SSSR count). The zero-order valence-corrected chi connectivity index (χ0v) is 12.7. The molecule has 1 saturated heterocycles. The van der Waals surface area contributed by atoms with Gasteiger partial charge in [-0.3, -0.25) is 0 Å². The molecule has 110 valence electrons. The van der Waals surface area contributed by atoms with Crippen LogP contribution in [0.4, 0.5) is 5.82 Å². The topological polar surface area (TPSA) is 55.3 Å². The Bertz CT molecular complexity index is 592. The zero-order valence-electron chi connectivity index (χ0n) is 11.9. The van der Waals surface area contributed by atoms with Gasteiger partial charge in [-0.2, -0.15) is 0 Å². The van der Waals surface area contributed by atoms with Gasteiger partial charge in [0.2, 0.25) is 0 Å². The average molecular weight is 303 g/mol. The number of carbonyl (C=O) groups is 1. The minimum atomic E-state index is -0.363. The van der Waals surface area contributed by atoms with Crippen LogP contribution in [0, 0.1) is 0 Å². The van der Waals surface area contributed by atoms with E-state index in [4.69, 9.17) is 4.74 Å². The van der Waals surface area contributed by atoms with Crippen LogP contribution in [0.1, 0.15) is 41.2 Å². The Morgan fingerprint density at radius 2 is 2.14 bits per heavy atom. The molecule has 5 nitrogen and oxygen atoms in total. The van der Waals surface area contributed by atoms with Crippen molar-refractivity contribution in [1.29, 1.82) is 0 Å². The first-order chi connectivity index (χ1) is 10.2. The lowest BCUT2D eigenvalue weighted by Gasteiger charge is -2.16. The van der Waals surface area contributed by atoms with Crippen molar-refractivity contribution < 1.29 is 9.53 Å². The largest absolute Gasteiger partial charge is 0.452 e. The number of carbonyl (C=O) groups excluding carboxylic acids is 1. The Balaban J connectivity index is 1.64. The maximum atomic E-state index is 12.1. The van der Waals surface area contributed by atoms with Crippen LogP contribution in [0.2, 0.25) is 0 Å². The Morgan fingerprint density at radius 3 is 2.76 bits per heavy atom. The van der Waals surface area contributed by atoms with E-state index in [0.717, 1.165) is 23.9 Å². The summed E-state index contributed by atoms with van der Waals surface area (Å²) in [5.74, 6) is 0.565. The quantitative estimate of drug-likeness (QED) is 0.813. The number of hydrogen-bond donors (Lipinski definition) is 0. The maximum Gasteiger partial charge on any atom is 0.340 e. The molecule has 0 aromatic carbocycles. The molecule has 21 heavy (non-hydrogen) atoms. The van der Waals surface area contributed by atoms with E-state index in [1.807, 2.05) is 18.4 Å². The number of rotatable bonds is 4. The van der Waals surface area contributed by atoms with Crippen molar-refractivity contribution in [2.45, 2.75) is 25.9 Å². The Hall–Kier alpha value is -1.95. The van der Waals surface area contributed by atoms with Crippen LogP contribution in [0.15, 0.2) is 29.9 Å². The molecule has 0 amide bonds. The van der Waals surface area contributed by atoms with Crippen LogP contribution in [0.3, 0.4) is 0 Å². The number of esters is 1. The smallest absolute Gasteiger partial charge is 0.340 e. The van der Waals surface area contributed by atoms with E-state index in [0.29, 0.717) is 5.56 Å². The summed E-state index contributed by atoms with van der Waals surface area (Å²) < 4.78 is 5.40. The molecule has 0 radical (unpaired) electrons. The Morgan fingerprint density at radius 1 is 1.33 bits per heavy atom. The number of hydrogen-bond acceptors (Lipinski definition) is 6. The van der Waals surface area contributed by atoms with E-state index in [1.165, 1.54) is 24.2 Å². The molecule has 0 spiro atoms. The fraction of sp³-hybridized carbons (Fsp3) is 0.400. The van der Waals surface area contributed by atoms with E-state index in [-0.39, 0.29) is 12.1 Å². The highest BCUT2D eigenvalue weighted by Gasteiger charge is 2.17. The highest BCUT2D eigenvalue weighted by Crippen LogP contribution is 2.21. The molecular formula is C15H17N3O2S. The molecule has 0 bridgehead atoms. The van der Waals surface area contributed by atoms with E-state index < -0.39 is 0 Å². The number of anilines is 1. The second kappa shape index (κ2) is 6.22. The number of ether oxygens (including phenoxy) is 1. The van der Waals surface area contributed by atoms with Crippen molar-refractivity contribution in [1.82, 2.24) is 9.97 Å². The minimum Gasteiger partial charge on any atom is -0.452 e. The van der Waals surface area contributed by atoms with Gasteiger partial charge in [-0.25, -0.2) is 14.8 Å². The summed E-state index contributed by atoms with van der Waals surface area (Å²) in [7, 11) is 0. The molecule has 1 atom stereocenters. The highest BCUT2D eigenvalue weighted by molar-refractivity contribution is 7.09. The third kappa shape index (κ3) is 3.21. The number of thiazole rings is 1. The summed E-state index contributed by atoms with van der Waals surface area (Å²) in [6.45, 7) is 3.90. The van der Waals surface area contributed by atoms with Crippen molar-refractivity contribution in [3.8, 4) is 0 Å². The van der Waals surface area contributed by atoms with Crippen molar-refractivity contribution >= 4 is 23.1 Å². The van der Waals surface area contributed by atoms with Crippen molar-refractivity contribution in [3.05, 3.63) is 40.5 Å². The van der Waals surface area contributed by atoms with Gasteiger partial charge < -0.3 is 9.64 Å². The SMILES string of the molecule is CC(OC(=O)c1ccc(N2CCCC2)nc1)c1nccs1. The third-order valence-corrected chi connectivity index (χ3v) is 4.43. The summed E-state index contributed by atoms with van der Waals surface area (Å²) in [5, 5.41) is 2.66. The minimum absolute atomic E-state index is 0.337. The number of nitrogens with zero attached hydrogens (tertiary/aromatic N) is 3. The first kappa shape index (κ1) is 14.0. The summed E-state index contributed by atoms with van der Waals surface area (Å²) in [6, 6.07) is 3.66. The molecule has 1 aliphatic rings. The molecule has 6 heteroatoms. The normalized spacial score (nSPS) is 16.0. The lowest BCUT2D eigenvalue weighted by molar-refractivity contribution is 0.0337. The summed E-state index contributed by atoms with van der Waals surface area (Å²) in [4.78, 5) is 22.8. The second-order valence-electron chi connectivity index (χ2n) is 5.02. The van der Waals surface area contributed by atoms with E-state index in [2.05, 4.69) is 14.9 Å². The fourth-order valence-corrected chi connectivity index (χ4v) is 2.98. The van der Waals surface area contributed by atoms with Gasteiger partial charge in [0.1, 0.15) is 10.8 Å². The molecule has 2 aromatic rings. The number of pyridine rings is 1. The Kier molecular flexibility index (Phi) is 4.15. The first-order valence-electron chi connectivity index (χ1n) is 7.05. The predicted molar refractivity (Wildman–Crippen MR) is 81.6 cm³/mol. The zero-order chi connectivity index (χ0) is 14.7. The van der Waals surface area contributed by atoms with Gasteiger partial charge in [-0.15, -0.1) is 11.3 Å². The molecule has 1 unspecified atom stereocenters. The summed E-state index contributed by atoms with van der Waals surface area (Å²) >= 11 is 1.48. The van der Waals surface area contributed by atoms with Crippen molar-refractivity contribution in [3.63, 3.8) is 0 Å². The van der Waals surface area contributed by atoms with Gasteiger partial charge in [0.25, 0.3) is 0 Å². The van der Waals surface area contributed by atoms with Crippen molar-refractivity contribution in [2.75, 3.05) is 18.0 Å². The van der Waals surface area contributed by atoms with Gasteiger partial charge in [0.05, 0.1) is 5.56 Å². The van der Waals surface area contributed by atoms with Gasteiger partial charge in [-0.05, 0) is 31.9 Å². The van der Waals surface area contributed by atoms with Gasteiger partial charge in [0, 0.05) is 30.9 Å². The molecule has 1 aliphatic heterocycles. The van der Waals surface area contributed by atoms with E-state index in [1.54, 1.807) is 18.5 Å².